The minimum Gasteiger partial charge on any atom is -0.321 e. The highest BCUT2D eigenvalue weighted by Gasteiger charge is 2.16. The molecule has 0 aliphatic rings. The van der Waals surface area contributed by atoms with E-state index in [1.165, 1.54) is 11.1 Å². The summed E-state index contributed by atoms with van der Waals surface area (Å²) < 4.78 is 2.19. The van der Waals surface area contributed by atoms with Gasteiger partial charge in [-0.2, -0.15) is 5.26 Å². The van der Waals surface area contributed by atoms with Crippen LogP contribution in [0.1, 0.15) is 39.2 Å². The second-order valence-electron chi connectivity index (χ2n) is 7.84. The zero-order valence-corrected chi connectivity index (χ0v) is 18.4. The molecule has 0 radical (unpaired) electrons. The smallest absolute Gasteiger partial charge is 0.266 e. The van der Waals surface area contributed by atoms with Crippen LogP contribution in [0.3, 0.4) is 0 Å². The minimum atomic E-state index is -0.400. The second-order valence-corrected chi connectivity index (χ2v) is 7.84. The quantitative estimate of drug-likeness (QED) is 0.442. The van der Waals surface area contributed by atoms with Gasteiger partial charge in [-0.1, -0.05) is 30.3 Å². The van der Waals surface area contributed by atoms with E-state index in [9.17, 15) is 10.1 Å². The predicted octanol–water partition coefficient (Wildman–Crippen LogP) is 5.87. The molecule has 0 fully saturated rings. The van der Waals surface area contributed by atoms with E-state index in [4.69, 9.17) is 0 Å². The summed E-state index contributed by atoms with van der Waals surface area (Å²) in [4.78, 5) is 12.8. The van der Waals surface area contributed by atoms with Crippen molar-refractivity contribution in [3.63, 3.8) is 0 Å². The van der Waals surface area contributed by atoms with Crippen LogP contribution in [0.25, 0.3) is 11.8 Å². The van der Waals surface area contributed by atoms with Crippen molar-refractivity contribution in [3.8, 4) is 11.8 Å². The summed E-state index contributed by atoms with van der Waals surface area (Å²) in [5.41, 5.74) is 9.24. The molecule has 152 valence electrons. The fraction of sp³-hybridized carbons (Fsp3) is 0.231. The molecule has 0 unspecified atom stereocenters. The van der Waals surface area contributed by atoms with Crippen molar-refractivity contribution in [1.29, 1.82) is 5.26 Å². The maximum Gasteiger partial charge on any atom is 0.266 e. The second kappa shape index (κ2) is 8.42. The Morgan fingerprint density at radius 1 is 0.967 bits per heavy atom. The Balaban J connectivity index is 2.00. The first-order valence-electron chi connectivity index (χ1n) is 9.99. The summed E-state index contributed by atoms with van der Waals surface area (Å²) in [6, 6.07) is 16.2. The number of nitrogens with one attached hydrogen (secondary N) is 1. The summed E-state index contributed by atoms with van der Waals surface area (Å²) in [7, 11) is 0. The lowest BCUT2D eigenvalue weighted by Gasteiger charge is -2.15. The van der Waals surface area contributed by atoms with Crippen LogP contribution < -0.4 is 5.32 Å². The number of rotatable bonds is 4. The largest absolute Gasteiger partial charge is 0.321 e. The van der Waals surface area contributed by atoms with Crippen molar-refractivity contribution < 1.29 is 4.79 Å². The van der Waals surface area contributed by atoms with Crippen molar-refractivity contribution in [3.05, 3.63) is 87.2 Å². The Hall–Kier alpha value is -3.58. The van der Waals surface area contributed by atoms with Crippen molar-refractivity contribution >= 4 is 17.7 Å². The van der Waals surface area contributed by atoms with Crippen LogP contribution >= 0.6 is 0 Å². The minimum absolute atomic E-state index is 0.0812. The number of para-hydroxylation sites is 1. The summed E-state index contributed by atoms with van der Waals surface area (Å²) in [5.74, 6) is -0.400. The van der Waals surface area contributed by atoms with Gasteiger partial charge in [0, 0.05) is 17.1 Å². The highest BCUT2D eigenvalue weighted by Crippen LogP contribution is 2.27. The average molecular weight is 398 g/mol. The van der Waals surface area contributed by atoms with Gasteiger partial charge in [-0.25, -0.2) is 0 Å². The number of aryl methyl sites for hydroxylation is 5. The Morgan fingerprint density at radius 3 is 2.27 bits per heavy atom. The molecule has 1 heterocycles. The standard InChI is InChI=1S/C26H27N3O/c1-16-10-11-17(2)24(12-16)28-26(30)23(15-27)14-22-13-20(5)29(21(22)6)25-18(3)8-7-9-19(25)4/h7-14H,1-6H3,(H,28,30)/b23-14-. The molecule has 0 aliphatic heterocycles. The predicted molar refractivity (Wildman–Crippen MR) is 123 cm³/mol. The van der Waals surface area contributed by atoms with Gasteiger partial charge in [0.25, 0.3) is 5.91 Å². The molecule has 1 amide bonds. The van der Waals surface area contributed by atoms with Crippen molar-refractivity contribution in [1.82, 2.24) is 4.57 Å². The van der Waals surface area contributed by atoms with E-state index >= 15 is 0 Å². The molecule has 0 saturated heterocycles. The fourth-order valence-corrected chi connectivity index (χ4v) is 3.80. The van der Waals surface area contributed by atoms with E-state index in [-0.39, 0.29) is 5.57 Å². The van der Waals surface area contributed by atoms with Crippen molar-refractivity contribution in [2.45, 2.75) is 41.5 Å². The summed E-state index contributed by atoms with van der Waals surface area (Å²) in [6.45, 7) is 12.1. The first-order chi connectivity index (χ1) is 14.2. The highest BCUT2D eigenvalue weighted by atomic mass is 16.1. The lowest BCUT2D eigenvalue weighted by Crippen LogP contribution is -2.14. The van der Waals surface area contributed by atoms with Crippen molar-refractivity contribution in [2.24, 2.45) is 0 Å². The van der Waals surface area contributed by atoms with Gasteiger partial charge in [0.05, 0.1) is 5.69 Å². The Kier molecular flexibility index (Phi) is 5.94. The van der Waals surface area contributed by atoms with Gasteiger partial charge in [-0.15, -0.1) is 0 Å². The SMILES string of the molecule is Cc1ccc(C)c(NC(=O)/C(C#N)=C\c2cc(C)n(-c3c(C)cccc3C)c2C)c1. The molecule has 3 rings (SSSR count). The van der Waals surface area contributed by atoms with E-state index in [1.807, 2.05) is 52.0 Å². The lowest BCUT2D eigenvalue weighted by molar-refractivity contribution is -0.112. The molecule has 30 heavy (non-hydrogen) atoms. The Morgan fingerprint density at radius 2 is 1.63 bits per heavy atom. The third kappa shape index (κ3) is 4.06. The first kappa shape index (κ1) is 21.1. The molecule has 0 aliphatic carbocycles. The third-order valence-electron chi connectivity index (χ3n) is 5.44. The van der Waals surface area contributed by atoms with Crippen LogP contribution in [0.15, 0.2) is 48.0 Å². The molecular weight excluding hydrogens is 370 g/mol. The average Bonchev–Trinajstić information content (AvgIpc) is 2.96. The molecule has 0 bridgehead atoms. The van der Waals surface area contributed by atoms with Crippen LogP contribution in [0.2, 0.25) is 0 Å². The molecule has 0 spiro atoms. The van der Waals surface area contributed by atoms with Crippen LogP contribution in [0, 0.1) is 52.9 Å². The van der Waals surface area contributed by atoms with E-state index < -0.39 is 5.91 Å². The number of hydrogen-bond donors (Lipinski definition) is 1. The molecule has 0 atom stereocenters. The number of carbonyl (C=O) groups excluding carboxylic acids is 1. The number of amides is 1. The topological polar surface area (TPSA) is 57.8 Å². The maximum absolute atomic E-state index is 12.8. The summed E-state index contributed by atoms with van der Waals surface area (Å²) in [5, 5.41) is 12.5. The van der Waals surface area contributed by atoms with Crippen LogP contribution in [-0.2, 0) is 4.79 Å². The van der Waals surface area contributed by atoms with Gasteiger partial charge < -0.3 is 9.88 Å². The molecular formula is C26H27N3O. The molecule has 4 heteroatoms. The van der Waals surface area contributed by atoms with Gasteiger partial charge in [-0.05, 0) is 87.6 Å². The lowest BCUT2D eigenvalue weighted by atomic mass is 10.1. The zero-order valence-electron chi connectivity index (χ0n) is 18.4. The molecule has 4 nitrogen and oxygen atoms in total. The van der Waals surface area contributed by atoms with Gasteiger partial charge in [0.2, 0.25) is 0 Å². The van der Waals surface area contributed by atoms with E-state index in [2.05, 4.69) is 48.0 Å². The fourth-order valence-electron chi connectivity index (χ4n) is 3.80. The summed E-state index contributed by atoms with van der Waals surface area (Å²) in [6.07, 6.45) is 1.67. The number of anilines is 1. The van der Waals surface area contributed by atoms with Crippen LogP contribution in [0.5, 0.6) is 0 Å². The monoisotopic (exact) mass is 397 g/mol. The van der Waals surface area contributed by atoms with Gasteiger partial charge >= 0.3 is 0 Å². The van der Waals surface area contributed by atoms with E-state index in [0.717, 1.165) is 39.5 Å². The van der Waals surface area contributed by atoms with E-state index in [1.54, 1.807) is 6.08 Å². The zero-order chi connectivity index (χ0) is 22.0. The Labute approximate surface area is 178 Å². The number of nitrogens with zero attached hydrogens (tertiary/aromatic N) is 2. The van der Waals surface area contributed by atoms with Gasteiger partial charge in [0.15, 0.2) is 0 Å². The first-order valence-corrected chi connectivity index (χ1v) is 9.99. The van der Waals surface area contributed by atoms with Gasteiger partial charge in [-0.3, -0.25) is 4.79 Å². The third-order valence-corrected chi connectivity index (χ3v) is 5.44. The molecule has 0 saturated carbocycles. The molecule has 1 N–H and O–H groups in total. The van der Waals surface area contributed by atoms with Crippen LogP contribution in [0.4, 0.5) is 5.69 Å². The molecule has 2 aromatic carbocycles. The van der Waals surface area contributed by atoms with Crippen LogP contribution in [-0.4, -0.2) is 10.5 Å². The van der Waals surface area contributed by atoms with Crippen molar-refractivity contribution in [2.75, 3.05) is 5.32 Å². The number of carbonyl (C=O) groups is 1. The number of aromatic nitrogens is 1. The molecule has 1 aromatic heterocycles. The molecule has 3 aromatic rings. The number of hydrogen-bond acceptors (Lipinski definition) is 2. The van der Waals surface area contributed by atoms with E-state index in [0.29, 0.717) is 0 Å². The van der Waals surface area contributed by atoms with Gasteiger partial charge in [0.1, 0.15) is 11.6 Å². The number of nitriles is 1. The normalized spacial score (nSPS) is 11.3. The highest BCUT2D eigenvalue weighted by molar-refractivity contribution is 6.10. The number of benzene rings is 2. The Bertz CT molecular complexity index is 1190. The summed E-state index contributed by atoms with van der Waals surface area (Å²) >= 11 is 0. The maximum atomic E-state index is 12.8.